The van der Waals surface area contributed by atoms with E-state index in [4.69, 9.17) is 16.7 Å². The lowest BCUT2D eigenvalue weighted by atomic mass is 10.0. The predicted octanol–water partition coefficient (Wildman–Crippen LogP) is 4.14. The molecule has 0 aliphatic heterocycles. The van der Waals surface area contributed by atoms with Crippen molar-refractivity contribution >= 4 is 34.4 Å². The van der Waals surface area contributed by atoms with Crippen molar-refractivity contribution in [1.82, 2.24) is 9.78 Å². The smallest absolute Gasteiger partial charge is 0.328 e. The summed E-state index contributed by atoms with van der Waals surface area (Å²) in [6.07, 6.45) is 2.55. The topological polar surface area (TPSA) is 55.1 Å². The Kier molecular flexibility index (Phi) is 4.17. The highest BCUT2D eigenvalue weighted by Crippen LogP contribution is 2.25. The van der Waals surface area contributed by atoms with Gasteiger partial charge in [-0.1, -0.05) is 54.1 Å². The third-order valence-electron chi connectivity index (χ3n) is 3.70. The van der Waals surface area contributed by atoms with Crippen molar-refractivity contribution < 1.29 is 9.90 Å². The van der Waals surface area contributed by atoms with Crippen LogP contribution in [-0.2, 0) is 11.3 Å². The maximum absolute atomic E-state index is 10.7. The maximum atomic E-state index is 10.7. The van der Waals surface area contributed by atoms with E-state index in [1.165, 1.54) is 6.08 Å². The summed E-state index contributed by atoms with van der Waals surface area (Å²) in [5.74, 6) is -1.01. The van der Waals surface area contributed by atoms with Gasteiger partial charge in [0.2, 0.25) is 0 Å². The van der Waals surface area contributed by atoms with Crippen molar-refractivity contribution in [2.24, 2.45) is 0 Å². The van der Waals surface area contributed by atoms with Gasteiger partial charge in [0.25, 0.3) is 0 Å². The number of carbonyl (C=O) groups is 1. The van der Waals surface area contributed by atoms with Gasteiger partial charge in [0.05, 0.1) is 12.2 Å². The van der Waals surface area contributed by atoms with E-state index < -0.39 is 5.97 Å². The van der Waals surface area contributed by atoms with Gasteiger partial charge in [0.15, 0.2) is 0 Å². The number of aryl methyl sites for hydroxylation is 1. The highest BCUT2D eigenvalue weighted by Gasteiger charge is 2.12. The molecule has 1 aromatic heterocycles. The van der Waals surface area contributed by atoms with Crippen LogP contribution in [-0.4, -0.2) is 20.9 Å². The molecule has 0 bridgehead atoms. The molecule has 3 aromatic rings. The van der Waals surface area contributed by atoms with E-state index >= 15 is 0 Å². The van der Waals surface area contributed by atoms with Gasteiger partial charge in [-0.2, -0.15) is 5.10 Å². The minimum atomic E-state index is -1.01. The van der Waals surface area contributed by atoms with Gasteiger partial charge in [-0.05, 0) is 29.3 Å². The third kappa shape index (κ3) is 3.12. The lowest BCUT2D eigenvalue weighted by Gasteiger charge is -2.07. The molecule has 0 atom stereocenters. The van der Waals surface area contributed by atoms with E-state index in [2.05, 4.69) is 23.3 Å². The second-order valence-corrected chi connectivity index (χ2v) is 5.62. The molecule has 0 amide bonds. The molecule has 1 N–H and O–H groups in total. The molecule has 2 aromatic carbocycles. The van der Waals surface area contributed by atoms with Crippen LogP contribution in [0.25, 0.3) is 16.8 Å². The number of carboxylic acids is 1. The van der Waals surface area contributed by atoms with Gasteiger partial charge in [0, 0.05) is 11.6 Å². The number of hydrogen-bond donors (Lipinski definition) is 1. The first-order valence-electron chi connectivity index (χ1n) is 7.17. The molecule has 0 unspecified atom stereocenters. The number of benzene rings is 2. The molecule has 5 heteroatoms. The summed E-state index contributed by atoms with van der Waals surface area (Å²) in [5.41, 5.74) is 2.45. The Labute approximate surface area is 138 Å². The number of hydrogen-bond acceptors (Lipinski definition) is 2. The van der Waals surface area contributed by atoms with Crippen LogP contribution >= 0.6 is 11.6 Å². The molecule has 1 heterocycles. The molecule has 3 rings (SSSR count). The zero-order valence-corrected chi connectivity index (χ0v) is 13.3. The van der Waals surface area contributed by atoms with Gasteiger partial charge < -0.3 is 5.11 Å². The Balaban J connectivity index is 2.00. The second-order valence-electron chi connectivity index (χ2n) is 5.26. The largest absolute Gasteiger partial charge is 0.478 e. The van der Waals surface area contributed by atoms with E-state index in [0.29, 0.717) is 23.0 Å². The summed E-state index contributed by atoms with van der Waals surface area (Å²) >= 11 is 6.37. The van der Waals surface area contributed by atoms with E-state index in [-0.39, 0.29) is 0 Å². The number of aliphatic carboxylic acids is 1. The molecule has 0 saturated heterocycles. The summed E-state index contributed by atoms with van der Waals surface area (Å²) in [6.45, 7) is 2.34. The maximum Gasteiger partial charge on any atom is 0.328 e. The van der Waals surface area contributed by atoms with Crippen molar-refractivity contribution in [1.29, 1.82) is 0 Å². The fourth-order valence-electron chi connectivity index (χ4n) is 2.61. The van der Waals surface area contributed by atoms with E-state index in [0.717, 1.165) is 22.4 Å². The highest BCUT2D eigenvalue weighted by molar-refractivity contribution is 6.31. The van der Waals surface area contributed by atoms with Crippen LogP contribution in [0.5, 0.6) is 0 Å². The van der Waals surface area contributed by atoms with Crippen molar-refractivity contribution in [2.75, 3.05) is 0 Å². The van der Waals surface area contributed by atoms with Crippen LogP contribution in [0, 0.1) is 6.92 Å². The zero-order chi connectivity index (χ0) is 16.4. The standard InChI is InChI=1S/C18H15ClN2O2/c1-12-15(9-10-17(22)23)18(19)21(20-12)11-14-7-4-6-13-5-2-3-8-16(13)14/h2-10H,11H2,1H3,(H,22,23). The SMILES string of the molecule is Cc1nn(Cc2cccc3ccccc23)c(Cl)c1C=CC(=O)O. The molecule has 0 radical (unpaired) electrons. The van der Waals surface area contributed by atoms with Gasteiger partial charge in [-0.15, -0.1) is 0 Å². The van der Waals surface area contributed by atoms with Crippen LogP contribution < -0.4 is 0 Å². The molecule has 0 fully saturated rings. The molecule has 0 aliphatic carbocycles. The first-order valence-corrected chi connectivity index (χ1v) is 7.54. The average molecular weight is 327 g/mol. The van der Waals surface area contributed by atoms with Crippen molar-refractivity contribution in [3.8, 4) is 0 Å². The fraction of sp³-hybridized carbons (Fsp3) is 0.111. The van der Waals surface area contributed by atoms with Crippen molar-refractivity contribution in [2.45, 2.75) is 13.5 Å². The lowest BCUT2D eigenvalue weighted by Crippen LogP contribution is -2.02. The number of aromatic nitrogens is 2. The van der Waals surface area contributed by atoms with Crippen molar-refractivity contribution in [3.63, 3.8) is 0 Å². The Morgan fingerprint density at radius 2 is 2.00 bits per heavy atom. The third-order valence-corrected chi connectivity index (χ3v) is 4.10. The number of nitrogens with zero attached hydrogens (tertiary/aromatic N) is 2. The first-order chi connectivity index (χ1) is 11.1. The molecular formula is C18H15ClN2O2. The van der Waals surface area contributed by atoms with Crippen LogP contribution in [0.1, 0.15) is 16.8 Å². The van der Waals surface area contributed by atoms with Crippen LogP contribution in [0.3, 0.4) is 0 Å². The second kappa shape index (κ2) is 6.26. The zero-order valence-electron chi connectivity index (χ0n) is 12.5. The summed E-state index contributed by atoms with van der Waals surface area (Å²) in [7, 11) is 0. The van der Waals surface area contributed by atoms with Gasteiger partial charge in [-0.3, -0.25) is 0 Å². The first kappa shape index (κ1) is 15.3. The molecule has 116 valence electrons. The lowest BCUT2D eigenvalue weighted by molar-refractivity contribution is -0.131. The quantitative estimate of drug-likeness (QED) is 0.733. The van der Waals surface area contributed by atoms with E-state index in [9.17, 15) is 4.79 Å². The molecule has 0 spiro atoms. The summed E-state index contributed by atoms with van der Waals surface area (Å²) in [6, 6.07) is 14.3. The normalized spacial score (nSPS) is 11.4. The van der Waals surface area contributed by atoms with Gasteiger partial charge in [-0.25, -0.2) is 9.48 Å². The predicted molar refractivity (Wildman–Crippen MR) is 91.7 cm³/mol. The average Bonchev–Trinajstić information content (AvgIpc) is 2.79. The molecular weight excluding hydrogens is 312 g/mol. The van der Waals surface area contributed by atoms with Crippen LogP contribution in [0.2, 0.25) is 5.15 Å². The van der Waals surface area contributed by atoms with Crippen LogP contribution in [0.15, 0.2) is 48.5 Å². The van der Waals surface area contributed by atoms with Crippen LogP contribution in [0.4, 0.5) is 0 Å². The Bertz CT molecular complexity index is 907. The number of carboxylic acid groups (broad SMARTS) is 1. The molecule has 4 nitrogen and oxygen atoms in total. The van der Waals surface area contributed by atoms with Gasteiger partial charge in [0.1, 0.15) is 5.15 Å². The summed E-state index contributed by atoms with van der Waals surface area (Å²) in [5, 5.41) is 15.9. The Hall–Kier alpha value is -2.59. The van der Waals surface area contributed by atoms with E-state index in [1.807, 2.05) is 31.2 Å². The number of fused-ring (bicyclic) bond motifs is 1. The number of halogens is 1. The monoisotopic (exact) mass is 326 g/mol. The Morgan fingerprint density at radius 1 is 1.26 bits per heavy atom. The highest BCUT2D eigenvalue weighted by atomic mass is 35.5. The number of rotatable bonds is 4. The van der Waals surface area contributed by atoms with E-state index in [1.54, 1.807) is 4.68 Å². The fourth-order valence-corrected chi connectivity index (χ4v) is 2.90. The summed E-state index contributed by atoms with van der Waals surface area (Å²) < 4.78 is 1.69. The van der Waals surface area contributed by atoms with Crippen molar-refractivity contribution in [3.05, 3.63) is 70.5 Å². The molecule has 0 aliphatic rings. The minimum Gasteiger partial charge on any atom is -0.478 e. The molecule has 0 saturated carbocycles. The Morgan fingerprint density at radius 3 is 2.78 bits per heavy atom. The van der Waals surface area contributed by atoms with Gasteiger partial charge >= 0.3 is 5.97 Å². The molecule has 23 heavy (non-hydrogen) atoms. The minimum absolute atomic E-state index is 0.438. The summed E-state index contributed by atoms with van der Waals surface area (Å²) in [4.78, 5) is 10.7.